The van der Waals surface area contributed by atoms with Crippen LogP contribution in [0, 0.1) is 0 Å². The minimum atomic E-state index is -4.65. The molecule has 0 aliphatic rings. The third-order valence-corrected chi connectivity index (χ3v) is 4.84. The van der Waals surface area contributed by atoms with E-state index < -0.39 is 23.6 Å². The summed E-state index contributed by atoms with van der Waals surface area (Å²) >= 11 is 0.935. The molecule has 13 heteroatoms. The van der Waals surface area contributed by atoms with Crippen LogP contribution >= 0.6 is 11.3 Å². The number of aromatic nitrogens is 4. The first kappa shape index (κ1) is 20.8. The molecule has 0 aliphatic heterocycles. The molecule has 6 nitrogen and oxygen atoms in total. The lowest BCUT2D eigenvalue weighted by Crippen LogP contribution is -2.09. The summed E-state index contributed by atoms with van der Waals surface area (Å²) in [5, 5.41) is 2.83. The van der Waals surface area contributed by atoms with E-state index in [1.165, 1.54) is 18.2 Å². The highest BCUT2D eigenvalue weighted by atomic mass is 32.1. The number of hydrogen-bond acceptors (Lipinski definition) is 7. The van der Waals surface area contributed by atoms with Crippen LogP contribution in [0.25, 0.3) is 21.7 Å². The SMILES string of the molecule is Nc1nc2c(Nc3ccc(C(F)(F)F)nc3)nc(-c3ccccc3C(F)(F)F)nc2s1. The number of hydrogen-bond donors (Lipinski definition) is 2. The zero-order valence-corrected chi connectivity index (χ0v) is 15.9. The van der Waals surface area contributed by atoms with Crippen LogP contribution in [-0.2, 0) is 12.4 Å². The van der Waals surface area contributed by atoms with E-state index >= 15 is 0 Å². The first-order valence-corrected chi connectivity index (χ1v) is 9.25. The van der Waals surface area contributed by atoms with Crippen molar-refractivity contribution in [2.24, 2.45) is 0 Å². The quantitative estimate of drug-likeness (QED) is 0.395. The zero-order chi connectivity index (χ0) is 22.4. The summed E-state index contributed by atoms with van der Waals surface area (Å²) in [5.74, 6) is -0.266. The van der Waals surface area contributed by atoms with Gasteiger partial charge in [0.25, 0.3) is 0 Å². The van der Waals surface area contributed by atoms with Crippen molar-refractivity contribution < 1.29 is 26.3 Å². The average molecular weight is 456 g/mol. The number of halogens is 6. The molecule has 31 heavy (non-hydrogen) atoms. The second kappa shape index (κ2) is 7.34. The van der Waals surface area contributed by atoms with Gasteiger partial charge in [0.15, 0.2) is 21.6 Å². The smallest absolute Gasteiger partial charge is 0.375 e. The Morgan fingerprint density at radius 2 is 1.61 bits per heavy atom. The molecule has 3 aromatic heterocycles. The first-order chi connectivity index (χ1) is 14.5. The number of fused-ring (bicyclic) bond motifs is 1. The molecule has 0 fully saturated rings. The van der Waals surface area contributed by atoms with Crippen molar-refractivity contribution in [3.8, 4) is 11.4 Å². The summed E-state index contributed by atoms with van der Waals surface area (Å²) in [5.41, 5.74) is 3.69. The Kier molecular flexibility index (Phi) is 4.92. The summed E-state index contributed by atoms with van der Waals surface area (Å²) in [4.78, 5) is 15.9. The predicted octanol–water partition coefficient (Wildman–Crippen LogP) is 5.51. The molecule has 0 radical (unpaired) electrons. The topological polar surface area (TPSA) is 89.6 Å². The van der Waals surface area contributed by atoms with Gasteiger partial charge in [-0.05, 0) is 18.2 Å². The average Bonchev–Trinajstić information content (AvgIpc) is 3.07. The number of thiazole rings is 1. The molecule has 0 spiro atoms. The minimum absolute atomic E-state index is 0.0218. The third kappa shape index (κ3) is 4.21. The van der Waals surface area contributed by atoms with Crippen LogP contribution in [0.4, 0.5) is 43.0 Å². The summed E-state index contributed by atoms with van der Waals surface area (Å²) in [6, 6.07) is 6.64. The number of benzene rings is 1. The molecule has 0 saturated carbocycles. The van der Waals surface area contributed by atoms with Gasteiger partial charge in [0.2, 0.25) is 0 Å². The van der Waals surface area contributed by atoms with Crippen LogP contribution in [0.1, 0.15) is 11.3 Å². The molecule has 0 saturated heterocycles. The molecule has 3 heterocycles. The third-order valence-electron chi connectivity index (χ3n) is 4.07. The highest BCUT2D eigenvalue weighted by Crippen LogP contribution is 2.38. The van der Waals surface area contributed by atoms with Crippen molar-refractivity contribution >= 4 is 38.3 Å². The Morgan fingerprint density at radius 3 is 2.26 bits per heavy atom. The molecule has 0 aliphatic carbocycles. The lowest BCUT2D eigenvalue weighted by atomic mass is 10.1. The molecule has 4 rings (SSSR count). The van der Waals surface area contributed by atoms with Crippen LogP contribution in [0.2, 0.25) is 0 Å². The first-order valence-electron chi connectivity index (χ1n) is 8.43. The number of anilines is 3. The fourth-order valence-corrected chi connectivity index (χ4v) is 3.45. The van der Waals surface area contributed by atoms with Gasteiger partial charge in [0.1, 0.15) is 11.2 Å². The van der Waals surface area contributed by atoms with Gasteiger partial charge in [-0.3, -0.25) is 0 Å². The summed E-state index contributed by atoms with van der Waals surface area (Å²) in [7, 11) is 0. The standard InChI is InChI=1S/C18H10F6N6S/c19-17(20,21)10-4-2-1-3-9(10)13-29-14(12-15(30-13)31-16(25)28-12)27-8-5-6-11(26-7-8)18(22,23)24/h1-7H,(H2,25,28)(H,27,29,30). The van der Waals surface area contributed by atoms with Gasteiger partial charge in [0.05, 0.1) is 17.4 Å². The number of rotatable bonds is 3. The Bertz CT molecular complexity index is 1250. The van der Waals surface area contributed by atoms with E-state index in [0.717, 1.165) is 35.7 Å². The largest absolute Gasteiger partial charge is 0.433 e. The fourth-order valence-electron chi connectivity index (χ4n) is 2.74. The van der Waals surface area contributed by atoms with Gasteiger partial charge < -0.3 is 11.1 Å². The number of nitrogens with zero attached hydrogens (tertiary/aromatic N) is 4. The van der Waals surface area contributed by atoms with Crippen molar-refractivity contribution in [1.82, 2.24) is 19.9 Å². The van der Waals surface area contributed by atoms with E-state index in [9.17, 15) is 26.3 Å². The van der Waals surface area contributed by atoms with Crippen molar-refractivity contribution in [2.45, 2.75) is 12.4 Å². The van der Waals surface area contributed by atoms with E-state index in [-0.39, 0.29) is 38.4 Å². The maximum atomic E-state index is 13.4. The lowest BCUT2D eigenvalue weighted by molar-refractivity contribution is -0.141. The van der Waals surface area contributed by atoms with E-state index in [1.807, 2.05) is 0 Å². The minimum Gasteiger partial charge on any atom is -0.375 e. The zero-order valence-electron chi connectivity index (χ0n) is 15.1. The maximum absolute atomic E-state index is 13.4. The van der Waals surface area contributed by atoms with Crippen molar-refractivity contribution in [3.63, 3.8) is 0 Å². The van der Waals surface area contributed by atoms with Crippen LogP contribution in [-0.4, -0.2) is 19.9 Å². The molecular weight excluding hydrogens is 446 g/mol. The fraction of sp³-hybridized carbons (Fsp3) is 0.111. The molecule has 0 amide bonds. The molecule has 0 unspecified atom stereocenters. The molecule has 0 bridgehead atoms. The number of nitrogen functional groups attached to an aromatic ring is 1. The van der Waals surface area contributed by atoms with Crippen LogP contribution < -0.4 is 11.1 Å². The van der Waals surface area contributed by atoms with Gasteiger partial charge in [0, 0.05) is 5.56 Å². The number of nitrogens with two attached hydrogens (primary N) is 1. The van der Waals surface area contributed by atoms with E-state index in [0.29, 0.717) is 0 Å². The van der Waals surface area contributed by atoms with Crippen molar-refractivity contribution in [3.05, 3.63) is 53.9 Å². The maximum Gasteiger partial charge on any atom is 0.433 e. The van der Waals surface area contributed by atoms with E-state index in [1.54, 1.807) is 0 Å². The molecule has 0 atom stereocenters. The van der Waals surface area contributed by atoms with Crippen LogP contribution in [0.3, 0.4) is 0 Å². The summed E-state index contributed by atoms with van der Waals surface area (Å²) < 4.78 is 78.4. The Hall–Kier alpha value is -3.48. The monoisotopic (exact) mass is 456 g/mol. The second-order valence-electron chi connectivity index (χ2n) is 6.20. The van der Waals surface area contributed by atoms with E-state index in [4.69, 9.17) is 5.73 Å². The van der Waals surface area contributed by atoms with Crippen LogP contribution in [0.15, 0.2) is 42.6 Å². The number of alkyl halides is 6. The predicted molar refractivity (Wildman–Crippen MR) is 103 cm³/mol. The molecule has 160 valence electrons. The summed E-state index contributed by atoms with van der Waals surface area (Å²) in [6.07, 6.45) is -8.33. The van der Waals surface area contributed by atoms with E-state index in [2.05, 4.69) is 25.3 Å². The van der Waals surface area contributed by atoms with Gasteiger partial charge in [-0.25, -0.2) is 19.9 Å². The van der Waals surface area contributed by atoms with Gasteiger partial charge in [-0.2, -0.15) is 26.3 Å². The number of nitrogens with one attached hydrogen (secondary N) is 1. The number of pyridine rings is 1. The van der Waals surface area contributed by atoms with Crippen molar-refractivity contribution in [2.75, 3.05) is 11.1 Å². The van der Waals surface area contributed by atoms with Gasteiger partial charge in [-0.15, -0.1) is 0 Å². The Labute approximate surface area is 173 Å². The Morgan fingerprint density at radius 1 is 0.871 bits per heavy atom. The second-order valence-corrected chi connectivity index (χ2v) is 7.21. The van der Waals surface area contributed by atoms with Crippen molar-refractivity contribution in [1.29, 1.82) is 0 Å². The van der Waals surface area contributed by atoms with Crippen LogP contribution in [0.5, 0.6) is 0 Å². The highest BCUT2D eigenvalue weighted by Gasteiger charge is 2.34. The molecule has 3 N–H and O–H groups in total. The highest BCUT2D eigenvalue weighted by molar-refractivity contribution is 7.21. The van der Waals surface area contributed by atoms with Gasteiger partial charge >= 0.3 is 12.4 Å². The molecule has 1 aromatic carbocycles. The molecular formula is C18H10F6N6S. The molecule has 4 aromatic rings. The summed E-state index contributed by atoms with van der Waals surface area (Å²) in [6.45, 7) is 0. The lowest BCUT2D eigenvalue weighted by Gasteiger charge is -2.13. The normalized spacial score (nSPS) is 12.3. The Balaban J connectivity index is 1.82. The van der Waals surface area contributed by atoms with Gasteiger partial charge in [-0.1, -0.05) is 29.5 Å².